The zero-order valence-corrected chi connectivity index (χ0v) is 24.2. The molecule has 0 aliphatic heterocycles. The molecule has 43 heavy (non-hydrogen) atoms. The van der Waals surface area contributed by atoms with E-state index in [9.17, 15) is 0 Å². The van der Waals surface area contributed by atoms with Gasteiger partial charge in [-0.1, -0.05) is 127 Å². The fourth-order valence-electron chi connectivity index (χ4n) is 6.77. The molecule has 0 fully saturated rings. The number of hydrogen-bond acceptors (Lipinski definition) is 3. The van der Waals surface area contributed by atoms with Crippen LogP contribution in [0.2, 0.25) is 0 Å². The van der Waals surface area contributed by atoms with E-state index in [4.69, 9.17) is 9.97 Å². The van der Waals surface area contributed by atoms with Crippen LogP contribution < -0.4 is 0 Å². The van der Waals surface area contributed by atoms with E-state index >= 15 is 0 Å². The molecule has 0 radical (unpaired) electrons. The number of fused-ring (bicyclic) bond motifs is 9. The SMILES string of the molecule is C1=CC(c2cccc3c2sc2c(-c4ccccc4-c4cnc5c6ccccc6c6ccccc6c5n4)cccc23)=CCC1. The number of thiophene rings is 1. The van der Waals surface area contributed by atoms with E-state index in [1.807, 2.05) is 17.5 Å². The van der Waals surface area contributed by atoms with Crippen LogP contribution in [-0.2, 0) is 0 Å². The summed E-state index contributed by atoms with van der Waals surface area (Å²) in [5.74, 6) is 0. The minimum Gasteiger partial charge on any atom is -0.252 e. The van der Waals surface area contributed by atoms with Gasteiger partial charge in [0.15, 0.2) is 0 Å². The van der Waals surface area contributed by atoms with Gasteiger partial charge in [-0.15, -0.1) is 11.3 Å². The van der Waals surface area contributed by atoms with Crippen LogP contribution in [0.3, 0.4) is 0 Å². The molecule has 6 aromatic carbocycles. The highest BCUT2D eigenvalue weighted by atomic mass is 32.1. The third kappa shape index (κ3) is 3.78. The molecule has 1 aliphatic rings. The molecule has 0 atom stereocenters. The first kappa shape index (κ1) is 24.5. The van der Waals surface area contributed by atoms with Gasteiger partial charge in [0.25, 0.3) is 0 Å². The molecule has 0 saturated carbocycles. The van der Waals surface area contributed by atoms with E-state index in [0.29, 0.717) is 0 Å². The molecule has 0 spiro atoms. The van der Waals surface area contributed by atoms with Crippen LogP contribution in [0.4, 0.5) is 0 Å². The van der Waals surface area contributed by atoms with Gasteiger partial charge in [0.2, 0.25) is 0 Å². The van der Waals surface area contributed by atoms with Crippen LogP contribution in [0.5, 0.6) is 0 Å². The largest absolute Gasteiger partial charge is 0.252 e. The van der Waals surface area contributed by atoms with Crippen LogP contribution in [0.25, 0.3) is 80.7 Å². The van der Waals surface area contributed by atoms with Crippen molar-refractivity contribution in [2.24, 2.45) is 0 Å². The molecule has 2 nitrogen and oxygen atoms in total. The molecular weight excluding hydrogens is 541 g/mol. The van der Waals surface area contributed by atoms with E-state index < -0.39 is 0 Å². The summed E-state index contributed by atoms with van der Waals surface area (Å²) < 4.78 is 2.66. The Morgan fingerprint density at radius 3 is 1.79 bits per heavy atom. The van der Waals surface area contributed by atoms with Crippen LogP contribution in [0.15, 0.2) is 134 Å². The Morgan fingerprint density at radius 1 is 0.488 bits per heavy atom. The van der Waals surface area contributed by atoms with Crippen molar-refractivity contribution >= 4 is 69.7 Å². The van der Waals surface area contributed by atoms with Crippen molar-refractivity contribution < 1.29 is 0 Å². The lowest BCUT2D eigenvalue weighted by atomic mass is 9.95. The Hall–Kier alpha value is -5.12. The number of nitrogens with zero attached hydrogens (tertiary/aromatic N) is 2. The highest BCUT2D eigenvalue weighted by Gasteiger charge is 2.18. The van der Waals surface area contributed by atoms with Crippen molar-refractivity contribution in [2.45, 2.75) is 12.8 Å². The lowest BCUT2D eigenvalue weighted by molar-refractivity contribution is 1.04. The fraction of sp³-hybridized carbons (Fsp3) is 0.0500. The molecule has 0 amide bonds. The van der Waals surface area contributed by atoms with E-state index in [0.717, 1.165) is 45.9 Å². The number of benzene rings is 6. The highest BCUT2D eigenvalue weighted by molar-refractivity contribution is 7.26. The zero-order chi connectivity index (χ0) is 28.3. The molecule has 8 aromatic rings. The summed E-state index contributed by atoms with van der Waals surface area (Å²) in [5, 5.41) is 7.31. The summed E-state index contributed by atoms with van der Waals surface area (Å²) in [6.07, 6.45) is 11.1. The molecule has 0 unspecified atom stereocenters. The van der Waals surface area contributed by atoms with Crippen molar-refractivity contribution in [3.05, 3.63) is 139 Å². The van der Waals surface area contributed by atoms with E-state index in [1.54, 1.807) is 0 Å². The van der Waals surface area contributed by atoms with Gasteiger partial charge >= 0.3 is 0 Å². The van der Waals surface area contributed by atoms with E-state index in [1.165, 1.54) is 53.2 Å². The molecule has 0 saturated heterocycles. The monoisotopic (exact) mass is 566 g/mol. The Bertz CT molecular complexity index is 2430. The summed E-state index contributed by atoms with van der Waals surface area (Å²) in [4.78, 5) is 10.4. The second-order valence-electron chi connectivity index (χ2n) is 11.2. The predicted octanol–water partition coefficient (Wildman–Crippen LogP) is 11.4. The van der Waals surface area contributed by atoms with Crippen molar-refractivity contribution in [3.63, 3.8) is 0 Å². The zero-order valence-electron chi connectivity index (χ0n) is 23.4. The highest BCUT2D eigenvalue weighted by Crippen LogP contribution is 2.45. The number of allylic oxidation sites excluding steroid dienone is 4. The van der Waals surface area contributed by atoms with Crippen LogP contribution in [0.1, 0.15) is 18.4 Å². The molecule has 0 N–H and O–H groups in total. The second kappa shape index (κ2) is 9.72. The first-order chi connectivity index (χ1) is 21.3. The van der Waals surface area contributed by atoms with Crippen molar-refractivity contribution in [3.8, 4) is 22.4 Å². The van der Waals surface area contributed by atoms with Gasteiger partial charge in [0, 0.05) is 42.1 Å². The topological polar surface area (TPSA) is 25.8 Å². The second-order valence-corrected chi connectivity index (χ2v) is 12.2. The van der Waals surface area contributed by atoms with Gasteiger partial charge in [-0.2, -0.15) is 0 Å². The lowest BCUT2D eigenvalue weighted by Crippen LogP contribution is -1.93. The number of aromatic nitrogens is 2. The van der Waals surface area contributed by atoms with Gasteiger partial charge in [-0.05, 0) is 40.3 Å². The third-order valence-corrected chi connectivity index (χ3v) is 10.0. The molecule has 3 heteroatoms. The number of rotatable bonds is 3. The maximum atomic E-state index is 5.33. The Labute approximate surface area is 253 Å². The van der Waals surface area contributed by atoms with E-state index in [-0.39, 0.29) is 0 Å². The summed E-state index contributed by atoms with van der Waals surface area (Å²) >= 11 is 1.90. The predicted molar refractivity (Wildman–Crippen MR) is 185 cm³/mol. The standard InChI is InChI=1S/C40H26N2S/c1-2-12-25(13-3-1)26-20-10-22-34-35-23-11-21-33(40(35)43-39(26)34)29-16-4-7-17-30(29)36-24-41-37-31-18-8-5-14-27(31)28-15-6-9-19-32(28)38(37)42-36/h2,4-24H,1,3H2. The molecular formula is C40H26N2S. The van der Waals surface area contributed by atoms with Gasteiger partial charge in [-0.25, -0.2) is 4.98 Å². The normalized spacial score (nSPS) is 13.4. The Kier molecular flexibility index (Phi) is 5.53. The molecule has 0 bridgehead atoms. The third-order valence-electron chi connectivity index (χ3n) is 8.75. The first-order valence-corrected chi connectivity index (χ1v) is 15.6. The van der Waals surface area contributed by atoms with Crippen LogP contribution in [-0.4, -0.2) is 9.97 Å². The average Bonchev–Trinajstić information content (AvgIpc) is 3.48. The first-order valence-electron chi connectivity index (χ1n) is 14.8. The minimum absolute atomic E-state index is 0.889. The molecule has 9 rings (SSSR count). The van der Waals surface area contributed by atoms with Gasteiger partial charge in [-0.3, -0.25) is 4.98 Å². The molecule has 202 valence electrons. The Morgan fingerprint density at radius 2 is 1.07 bits per heavy atom. The Balaban J connectivity index is 1.28. The molecule has 1 aliphatic carbocycles. The van der Waals surface area contributed by atoms with Gasteiger partial charge < -0.3 is 0 Å². The van der Waals surface area contributed by atoms with Gasteiger partial charge in [0.1, 0.15) is 0 Å². The van der Waals surface area contributed by atoms with Crippen molar-refractivity contribution in [2.75, 3.05) is 0 Å². The molecule has 2 aromatic heterocycles. The summed E-state index contributed by atoms with van der Waals surface area (Å²) in [6.45, 7) is 0. The van der Waals surface area contributed by atoms with Crippen molar-refractivity contribution in [1.82, 2.24) is 9.97 Å². The average molecular weight is 567 g/mol. The van der Waals surface area contributed by atoms with Crippen LogP contribution >= 0.6 is 11.3 Å². The van der Waals surface area contributed by atoms with Crippen LogP contribution in [0, 0.1) is 0 Å². The molecule has 2 heterocycles. The quantitative estimate of drug-likeness (QED) is 0.199. The van der Waals surface area contributed by atoms with Gasteiger partial charge in [0.05, 0.1) is 22.9 Å². The maximum absolute atomic E-state index is 5.33. The number of hydrogen-bond donors (Lipinski definition) is 0. The minimum atomic E-state index is 0.889. The summed E-state index contributed by atoms with van der Waals surface area (Å²) in [5.41, 5.74) is 8.94. The smallest absolute Gasteiger partial charge is 0.0979 e. The summed E-state index contributed by atoms with van der Waals surface area (Å²) in [7, 11) is 0. The van der Waals surface area contributed by atoms with Crippen molar-refractivity contribution in [1.29, 1.82) is 0 Å². The maximum Gasteiger partial charge on any atom is 0.0979 e. The fourth-order valence-corrected chi connectivity index (χ4v) is 8.13. The van der Waals surface area contributed by atoms with E-state index in [2.05, 4.69) is 127 Å². The lowest BCUT2D eigenvalue weighted by Gasteiger charge is -2.13. The summed E-state index contributed by atoms with van der Waals surface area (Å²) in [6, 6.07) is 39.2.